The predicted octanol–water partition coefficient (Wildman–Crippen LogP) is 1.21. The molecule has 0 bridgehead atoms. The number of amides is 1. The summed E-state index contributed by atoms with van der Waals surface area (Å²) in [5, 5.41) is 12.9. The van der Waals surface area contributed by atoms with Crippen molar-refractivity contribution in [3.63, 3.8) is 0 Å². The maximum atomic E-state index is 11.8. The number of hydrogen-bond donors (Lipinski definition) is 1. The number of furan rings is 1. The molecular weight excluding hydrogens is 288 g/mol. The van der Waals surface area contributed by atoms with Crippen molar-refractivity contribution in [1.29, 1.82) is 0 Å². The fraction of sp³-hybridized carbons (Fsp3) is 0.455. The Bertz CT molecular complexity index is 501. The first-order chi connectivity index (χ1) is 9.49. The number of hydrogen-bond acceptors (Lipinski definition) is 7. The standard InChI is InChI=1S/C11H14N2O6S/c1-18-11(15)7(5-6-20-2)12-10(14)8-3-4-9(19-8)13(16)17/h3-4,7H,5-6H2,1-2H3,(H,12,14). The Labute approximate surface area is 119 Å². The Kier molecular flexibility index (Phi) is 6.04. The van der Waals surface area contributed by atoms with E-state index in [0.29, 0.717) is 12.2 Å². The number of nitrogens with one attached hydrogen (secondary N) is 1. The third-order valence-corrected chi connectivity index (χ3v) is 3.04. The molecule has 1 atom stereocenters. The zero-order valence-electron chi connectivity index (χ0n) is 11.0. The van der Waals surface area contributed by atoms with Gasteiger partial charge in [-0.15, -0.1) is 0 Å². The van der Waals surface area contributed by atoms with Crippen LogP contribution in [0.25, 0.3) is 0 Å². The molecule has 1 amide bonds. The van der Waals surface area contributed by atoms with Gasteiger partial charge < -0.3 is 14.5 Å². The van der Waals surface area contributed by atoms with Gasteiger partial charge in [-0.2, -0.15) is 11.8 Å². The van der Waals surface area contributed by atoms with Gasteiger partial charge in [0.1, 0.15) is 11.0 Å². The number of rotatable bonds is 7. The number of methoxy groups -OCH3 is 1. The highest BCUT2D eigenvalue weighted by Gasteiger charge is 2.24. The van der Waals surface area contributed by atoms with Gasteiger partial charge in [-0.1, -0.05) is 0 Å². The summed E-state index contributed by atoms with van der Waals surface area (Å²) in [7, 11) is 1.22. The first kappa shape index (κ1) is 16.0. The Balaban J connectivity index is 2.73. The molecule has 0 saturated carbocycles. The van der Waals surface area contributed by atoms with E-state index in [1.165, 1.54) is 24.9 Å². The van der Waals surface area contributed by atoms with E-state index >= 15 is 0 Å². The highest BCUT2D eigenvalue weighted by atomic mass is 32.2. The molecule has 0 saturated heterocycles. The minimum absolute atomic E-state index is 0.227. The molecule has 1 heterocycles. The number of esters is 1. The van der Waals surface area contributed by atoms with Crippen molar-refractivity contribution in [3.05, 3.63) is 28.0 Å². The van der Waals surface area contributed by atoms with E-state index < -0.39 is 28.7 Å². The molecule has 0 aliphatic carbocycles. The average molecular weight is 302 g/mol. The van der Waals surface area contributed by atoms with Gasteiger partial charge >= 0.3 is 11.9 Å². The Morgan fingerprint density at radius 2 is 2.25 bits per heavy atom. The molecule has 110 valence electrons. The molecule has 0 spiro atoms. The van der Waals surface area contributed by atoms with Crippen LogP contribution in [0, 0.1) is 10.1 Å². The molecule has 1 unspecified atom stereocenters. The quantitative estimate of drug-likeness (QED) is 0.457. The van der Waals surface area contributed by atoms with E-state index in [4.69, 9.17) is 4.42 Å². The highest BCUT2D eigenvalue weighted by Crippen LogP contribution is 2.15. The second-order valence-electron chi connectivity index (χ2n) is 3.73. The lowest BCUT2D eigenvalue weighted by molar-refractivity contribution is -0.402. The molecule has 8 nitrogen and oxygen atoms in total. The molecular formula is C11H14N2O6S. The van der Waals surface area contributed by atoms with Gasteiger partial charge in [-0.3, -0.25) is 14.9 Å². The maximum absolute atomic E-state index is 11.8. The fourth-order valence-electron chi connectivity index (χ4n) is 1.40. The maximum Gasteiger partial charge on any atom is 0.433 e. The number of carbonyl (C=O) groups is 2. The van der Waals surface area contributed by atoms with E-state index in [0.717, 1.165) is 6.07 Å². The van der Waals surface area contributed by atoms with Gasteiger partial charge in [0.25, 0.3) is 5.91 Å². The molecule has 1 rings (SSSR count). The summed E-state index contributed by atoms with van der Waals surface area (Å²) in [4.78, 5) is 33.1. The number of carbonyl (C=O) groups excluding carboxylic acids is 2. The lowest BCUT2D eigenvalue weighted by Gasteiger charge is -2.14. The monoisotopic (exact) mass is 302 g/mol. The van der Waals surface area contributed by atoms with Crippen LogP contribution in [0.5, 0.6) is 0 Å². The molecule has 9 heteroatoms. The van der Waals surface area contributed by atoms with Crippen molar-refractivity contribution in [2.24, 2.45) is 0 Å². The van der Waals surface area contributed by atoms with Crippen molar-refractivity contribution in [3.8, 4) is 0 Å². The first-order valence-corrected chi connectivity index (χ1v) is 7.00. The van der Waals surface area contributed by atoms with Crippen molar-refractivity contribution < 1.29 is 23.7 Å². The SMILES string of the molecule is COC(=O)C(CCSC)NC(=O)c1ccc([N+](=O)[O-])o1. The minimum atomic E-state index is -0.816. The molecule has 1 N–H and O–H groups in total. The van der Waals surface area contributed by atoms with Gasteiger partial charge in [0.05, 0.1) is 13.2 Å². The fourth-order valence-corrected chi connectivity index (χ4v) is 1.88. The van der Waals surface area contributed by atoms with Gasteiger partial charge in [0.15, 0.2) is 5.76 Å². The van der Waals surface area contributed by atoms with E-state index in [-0.39, 0.29) is 5.76 Å². The Morgan fingerprint density at radius 3 is 2.75 bits per heavy atom. The zero-order chi connectivity index (χ0) is 15.1. The first-order valence-electron chi connectivity index (χ1n) is 5.61. The summed E-state index contributed by atoms with van der Waals surface area (Å²) in [6.07, 6.45) is 2.26. The Hall–Kier alpha value is -2.03. The van der Waals surface area contributed by atoms with Crippen molar-refractivity contribution >= 4 is 29.5 Å². The number of thioether (sulfide) groups is 1. The van der Waals surface area contributed by atoms with Crippen molar-refractivity contribution in [2.45, 2.75) is 12.5 Å². The average Bonchev–Trinajstić information content (AvgIpc) is 2.92. The topological polar surface area (TPSA) is 112 Å². The van der Waals surface area contributed by atoms with Gasteiger partial charge in [0.2, 0.25) is 0 Å². The second kappa shape index (κ2) is 7.53. The summed E-state index contributed by atoms with van der Waals surface area (Å²) in [6.45, 7) is 0. The van der Waals surface area contributed by atoms with Gasteiger partial charge in [-0.05, 0) is 24.5 Å². The molecule has 0 aliphatic rings. The van der Waals surface area contributed by atoms with E-state index in [2.05, 4.69) is 10.1 Å². The summed E-state index contributed by atoms with van der Waals surface area (Å²) < 4.78 is 9.34. The summed E-state index contributed by atoms with van der Waals surface area (Å²) in [6, 6.07) is 1.43. The van der Waals surface area contributed by atoms with Crippen LogP contribution in [0.15, 0.2) is 16.5 Å². The molecule has 0 aromatic carbocycles. The highest BCUT2D eigenvalue weighted by molar-refractivity contribution is 7.98. The molecule has 20 heavy (non-hydrogen) atoms. The van der Waals surface area contributed by atoms with Gasteiger partial charge in [0, 0.05) is 0 Å². The van der Waals surface area contributed by atoms with Crippen molar-refractivity contribution in [1.82, 2.24) is 5.32 Å². The number of ether oxygens (including phenoxy) is 1. The molecule has 1 aromatic rings. The molecule has 1 aromatic heterocycles. The van der Waals surface area contributed by atoms with Crippen LogP contribution in [0.4, 0.5) is 5.88 Å². The smallest absolute Gasteiger partial charge is 0.433 e. The molecule has 0 radical (unpaired) electrons. The zero-order valence-corrected chi connectivity index (χ0v) is 11.8. The van der Waals surface area contributed by atoms with Crippen LogP contribution in [0.2, 0.25) is 0 Å². The van der Waals surface area contributed by atoms with Crippen molar-refractivity contribution in [2.75, 3.05) is 19.1 Å². The third kappa shape index (κ3) is 4.26. The molecule has 0 aliphatic heterocycles. The van der Waals surface area contributed by atoms with E-state index in [1.54, 1.807) is 0 Å². The van der Waals surface area contributed by atoms with Crippen LogP contribution >= 0.6 is 11.8 Å². The number of nitrogens with zero attached hydrogens (tertiary/aromatic N) is 1. The third-order valence-electron chi connectivity index (χ3n) is 2.40. The lowest BCUT2D eigenvalue weighted by Crippen LogP contribution is -2.41. The van der Waals surface area contributed by atoms with E-state index in [9.17, 15) is 19.7 Å². The second-order valence-corrected chi connectivity index (χ2v) is 4.71. The summed E-state index contributed by atoms with van der Waals surface area (Å²) in [5.74, 6) is -1.38. The number of nitro groups is 1. The Morgan fingerprint density at radius 1 is 1.55 bits per heavy atom. The summed E-state index contributed by atoms with van der Waals surface area (Å²) in [5.41, 5.74) is 0. The lowest BCUT2D eigenvalue weighted by atomic mass is 10.2. The van der Waals surface area contributed by atoms with E-state index in [1.807, 2.05) is 6.26 Å². The normalized spacial score (nSPS) is 11.7. The van der Waals surface area contributed by atoms with Crippen LogP contribution in [-0.4, -0.2) is 42.0 Å². The minimum Gasteiger partial charge on any atom is -0.467 e. The largest absolute Gasteiger partial charge is 0.467 e. The summed E-state index contributed by atoms with van der Waals surface area (Å²) >= 11 is 1.52. The predicted molar refractivity (Wildman–Crippen MR) is 71.6 cm³/mol. The van der Waals surface area contributed by atoms with Crippen LogP contribution in [-0.2, 0) is 9.53 Å². The molecule has 0 fully saturated rings. The van der Waals surface area contributed by atoms with Crippen LogP contribution in [0.3, 0.4) is 0 Å². The van der Waals surface area contributed by atoms with Crippen LogP contribution < -0.4 is 5.32 Å². The van der Waals surface area contributed by atoms with Gasteiger partial charge in [-0.25, -0.2) is 4.79 Å². The van der Waals surface area contributed by atoms with Crippen LogP contribution in [0.1, 0.15) is 17.0 Å².